The van der Waals surface area contributed by atoms with Crippen molar-refractivity contribution in [3.63, 3.8) is 0 Å². The molecule has 5 rings (SSSR count). The van der Waals surface area contributed by atoms with Gasteiger partial charge in [0.05, 0.1) is 22.2 Å². The molecule has 0 unspecified atom stereocenters. The maximum absolute atomic E-state index is 12.5. The molecule has 136 valence electrons. The number of fused-ring (bicyclic) bond motifs is 2. The monoisotopic (exact) mass is 496 g/mol. The van der Waals surface area contributed by atoms with E-state index in [0.29, 0.717) is 33.5 Å². The van der Waals surface area contributed by atoms with E-state index in [2.05, 4.69) is 51.8 Å². The van der Waals surface area contributed by atoms with Crippen molar-refractivity contribution in [1.82, 2.24) is 19.9 Å². The Balaban J connectivity index is 1.79. The molecule has 0 aliphatic carbocycles. The molecule has 0 bridgehead atoms. The third-order valence-corrected chi connectivity index (χ3v) is 5.64. The molecule has 3 aromatic heterocycles. The fourth-order valence-corrected chi connectivity index (χ4v) is 3.84. The molecule has 0 radical (unpaired) electrons. The van der Waals surface area contributed by atoms with Crippen molar-refractivity contribution < 1.29 is 0 Å². The number of aromatic amines is 2. The van der Waals surface area contributed by atoms with Crippen LogP contribution in [0.2, 0.25) is 0 Å². The summed E-state index contributed by atoms with van der Waals surface area (Å²) in [7, 11) is 0. The Bertz CT molecular complexity index is 1340. The standard InChI is InChI=1S/C20H10Br2N4O2/c21-11-5-1-9(2-6-11)13-15-17(25-19(13)27)24-16-14(20(28)26-18(16)23-15)10-3-7-12(22)8-4-10/h1-8H,(H,23,26,28)(H,24,25,27). The summed E-state index contributed by atoms with van der Waals surface area (Å²) >= 11 is 6.78. The van der Waals surface area contributed by atoms with Crippen molar-refractivity contribution in [3.8, 4) is 22.3 Å². The first-order valence-corrected chi connectivity index (χ1v) is 9.91. The molecule has 0 aliphatic rings. The van der Waals surface area contributed by atoms with Gasteiger partial charge in [-0.05, 0) is 35.4 Å². The molecular weight excluding hydrogens is 488 g/mol. The Kier molecular flexibility index (Phi) is 3.92. The molecule has 8 heteroatoms. The van der Waals surface area contributed by atoms with Gasteiger partial charge >= 0.3 is 0 Å². The van der Waals surface area contributed by atoms with Crippen molar-refractivity contribution in [2.75, 3.05) is 0 Å². The summed E-state index contributed by atoms with van der Waals surface area (Å²) in [5.41, 5.74) is 3.52. The Morgan fingerprint density at radius 3 is 1.32 bits per heavy atom. The van der Waals surface area contributed by atoms with E-state index in [1.54, 1.807) is 0 Å². The van der Waals surface area contributed by atoms with Gasteiger partial charge in [0.15, 0.2) is 11.3 Å². The second kappa shape index (κ2) is 6.35. The minimum absolute atomic E-state index is 0.343. The van der Waals surface area contributed by atoms with Gasteiger partial charge in [0, 0.05) is 8.95 Å². The van der Waals surface area contributed by atoms with E-state index in [1.807, 2.05) is 48.5 Å². The van der Waals surface area contributed by atoms with Gasteiger partial charge in [-0.3, -0.25) is 9.59 Å². The lowest BCUT2D eigenvalue weighted by Gasteiger charge is -2.02. The van der Waals surface area contributed by atoms with E-state index < -0.39 is 0 Å². The normalized spacial score (nSPS) is 11.5. The van der Waals surface area contributed by atoms with E-state index in [0.717, 1.165) is 20.1 Å². The lowest BCUT2D eigenvalue weighted by atomic mass is 10.1. The van der Waals surface area contributed by atoms with Crippen LogP contribution < -0.4 is 11.1 Å². The summed E-state index contributed by atoms with van der Waals surface area (Å²) < 4.78 is 1.83. The molecule has 3 heterocycles. The zero-order valence-electron chi connectivity index (χ0n) is 14.1. The van der Waals surface area contributed by atoms with E-state index in [-0.39, 0.29) is 11.1 Å². The largest absolute Gasteiger partial charge is 0.335 e. The molecular formula is C20H10Br2N4O2. The van der Waals surface area contributed by atoms with E-state index in [9.17, 15) is 9.59 Å². The van der Waals surface area contributed by atoms with Gasteiger partial charge in [-0.25, -0.2) is 0 Å². The Labute approximate surface area is 174 Å². The average Bonchev–Trinajstić information content (AvgIpc) is 3.16. The molecule has 0 atom stereocenters. The number of nitrogens with one attached hydrogen (secondary N) is 2. The van der Waals surface area contributed by atoms with Gasteiger partial charge in [0.1, 0.15) is 0 Å². The third kappa shape index (κ3) is 2.68. The smallest absolute Gasteiger partial charge is 0.281 e. The highest BCUT2D eigenvalue weighted by atomic mass is 79.9. The molecule has 28 heavy (non-hydrogen) atoms. The Hall–Kier alpha value is -2.84. The minimum atomic E-state index is -0.343. The molecule has 0 saturated heterocycles. The van der Waals surface area contributed by atoms with Crippen LogP contribution in [-0.2, 0) is 0 Å². The highest BCUT2D eigenvalue weighted by Gasteiger charge is 2.19. The van der Waals surface area contributed by atoms with Gasteiger partial charge in [0.2, 0.25) is 0 Å². The fourth-order valence-electron chi connectivity index (χ4n) is 3.31. The van der Waals surface area contributed by atoms with Crippen LogP contribution in [0.5, 0.6) is 0 Å². The predicted molar refractivity (Wildman–Crippen MR) is 116 cm³/mol. The summed E-state index contributed by atoms with van der Waals surface area (Å²) in [6, 6.07) is 14.8. The molecule has 5 aromatic rings. The van der Waals surface area contributed by atoms with Crippen molar-refractivity contribution >= 4 is 54.2 Å². The summed E-state index contributed by atoms with van der Waals surface area (Å²) in [4.78, 5) is 39.6. The molecule has 2 aromatic carbocycles. The van der Waals surface area contributed by atoms with Crippen LogP contribution in [0.4, 0.5) is 0 Å². The molecule has 0 saturated carbocycles. The first kappa shape index (κ1) is 17.3. The average molecular weight is 498 g/mol. The number of hydrogen-bond acceptors (Lipinski definition) is 4. The molecule has 0 fully saturated rings. The van der Waals surface area contributed by atoms with Gasteiger partial charge in [-0.2, -0.15) is 9.97 Å². The number of hydrogen-bond donors (Lipinski definition) is 2. The maximum Gasteiger partial charge on any atom is 0.281 e. The Morgan fingerprint density at radius 1 is 0.607 bits per heavy atom. The van der Waals surface area contributed by atoms with Gasteiger partial charge in [-0.15, -0.1) is 0 Å². The van der Waals surface area contributed by atoms with Crippen molar-refractivity contribution in [1.29, 1.82) is 0 Å². The van der Waals surface area contributed by atoms with Crippen LogP contribution in [0.25, 0.3) is 44.6 Å². The number of nitrogens with zero attached hydrogens (tertiary/aromatic N) is 2. The number of benzene rings is 2. The number of halogens is 2. The number of aromatic nitrogens is 4. The lowest BCUT2D eigenvalue weighted by molar-refractivity contribution is 1.28. The molecule has 2 N–H and O–H groups in total. The second-order valence-corrected chi connectivity index (χ2v) is 8.13. The van der Waals surface area contributed by atoms with E-state index >= 15 is 0 Å². The highest BCUT2D eigenvalue weighted by molar-refractivity contribution is 9.10. The second-order valence-electron chi connectivity index (χ2n) is 6.29. The zero-order valence-corrected chi connectivity index (χ0v) is 17.3. The summed E-state index contributed by atoms with van der Waals surface area (Å²) in [6.45, 7) is 0. The topological polar surface area (TPSA) is 91.5 Å². The number of H-pyrrole nitrogens is 2. The first-order chi connectivity index (χ1) is 13.5. The first-order valence-electron chi connectivity index (χ1n) is 8.32. The van der Waals surface area contributed by atoms with E-state index in [1.165, 1.54) is 0 Å². The molecule has 0 spiro atoms. The Morgan fingerprint density at radius 2 is 0.964 bits per heavy atom. The molecule has 0 aliphatic heterocycles. The van der Waals surface area contributed by atoms with Crippen LogP contribution in [0, 0.1) is 0 Å². The minimum Gasteiger partial charge on any atom is -0.335 e. The van der Waals surface area contributed by atoms with Crippen LogP contribution in [-0.4, -0.2) is 19.9 Å². The quantitative estimate of drug-likeness (QED) is 0.376. The van der Waals surface area contributed by atoms with Crippen LogP contribution >= 0.6 is 31.9 Å². The summed E-state index contributed by atoms with van der Waals surface area (Å²) in [6.07, 6.45) is 0. The number of rotatable bonds is 2. The van der Waals surface area contributed by atoms with Crippen molar-refractivity contribution in [2.45, 2.75) is 0 Å². The van der Waals surface area contributed by atoms with Gasteiger partial charge in [0.25, 0.3) is 11.1 Å². The summed E-state index contributed by atoms with van der Waals surface area (Å²) in [5, 5.41) is 0. The SMILES string of the molecule is O=c1nc2[nH]c3c(-c4ccc(Br)cc4)c(=O)nc3[nH]c2c1-c1ccc(Br)cc1. The summed E-state index contributed by atoms with van der Waals surface area (Å²) in [5.74, 6) is 0. The van der Waals surface area contributed by atoms with Gasteiger partial charge < -0.3 is 9.97 Å². The van der Waals surface area contributed by atoms with Crippen molar-refractivity contribution in [3.05, 3.63) is 78.2 Å². The van der Waals surface area contributed by atoms with E-state index in [4.69, 9.17) is 0 Å². The zero-order chi connectivity index (χ0) is 19.4. The lowest BCUT2D eigenvalue weighted by Crippen LogP contribution is -2.02. The fraction of sp³-hybridized carbons (Fsp3) is 0. The molecule has 6 nitrogen and oxygen atoms in total. The third-order valence-electron chi connectivity index (χ3n) is 4.58. The van der Waals surface area contributed by atoms with Crippen LogP contribution in [0.1, 0.15) is 0 Å². The predicted octanol–water partition coefficient (Wildman–Crippen LogP) is 4.46. The van der Waals surface area contributed by atoms with Crippen molar-refractivity contribution in [2.24, 2.45) is 0 Å². The van der Waals surface area contributed by atoms with Crippen LogP contribution in [0.15, 0.2) is 67.1 Å². The molecule has 0 amide bonds. The maximum atomic E-state index is 12.5. The van der Waals surface area contributed by atoms with Gasteiger partial charge in [-0.1, -0.05) is 56.1 Å². The highest BCUT2D eigenvalue weighted by Crippen LogP contribution is 2.29. The van der Waals surface area contributed by atoms with Crippen LogP contribution in [0.3, 0.4) is 0 Å².